The molecule has 0 amide bonds. The van der Waals surface area contributed by atoms with Crippen LogP contribution in [0.5, 0.6) is 28.7 Å². The summed E-state index contributed by atoms with van der Waals surface area (Å²) in [7, 11) is 0. The Labute approximate surface area is 340 Å². The van der Waals surface area contributed by atoms with Gasteiger partial charge >= 0.3 is 0 Å². The number of aliphatic hydroxyl groups excluding tert-OH is 10. The van der Waals surface area contributed by atoms with E-state index in [0.29, 0.717) is 36.0 Å². The zero-order chi connectivity index (χ0) is 42.0. The molecule has 332 valence electrons. The molecule has 4 unspecified atom stereocenters. The molecule has 0 saturated carbocycles. The summed E-state index contributed by atoms with van der Waals surface area (Å²) >= 11 is 0. The number of fused-ring (bicyclic) bond motifs is 3. The van der Waals surface area contributed by atoms with Crippen molar-refractivity contribution in [2.24, 2.45) is 11.8 Å². The number of hydrogen-bond acceptors (Lipinski definition) is 22. The van der Waals surface area contributed by atoms with Crippen molar-refractivity contribution in [3.8, 4) is 28.7 Å². The smallest absolute Gasteiger partial charge is 0.231 e. The Morgan fingerprint density at radius 3 is 1.77 bits per heavy atom. The molecular formula is C38H48O22. The van der Waals surface area contributed by atoms with Crippen molar-refractivity contribution in [2.75, 3.05) is 46.6 Å². The van der Waals surface area contributed by atoms with Crippen LogP contribution in [0.15, 0.2) is 30.3 Å². The van der Waals surface area contributed by atoms with E-state index in [-0.39, 0.29) is 43.0 Å². The standard InChI is InChI=1S/C38H48O22/c39-6-22-25(41)28(44)31(47)36(57-22)51-10-24-27(43)30(46)35(60-37-32(48)29(45)26(42)23(7-40)58-37)38(59-24)56-18-5-21-20(54-12-55-21)4-14(18)34-16-9-49-33(15(16)8-50-34)13-1-2-17-19(3-13)53-11-52-17/h1-5,15-16,22-48H,6-12H2/t15?,16?,22-,23-,24-,25-,26-,27-,28+,29+,30+,31-,32-,33?,34?,35-,36-,37+,38-/m1/s1. The Hall–Kier alpha value is -3.24. The third-order valence-corrected chi connectivity index (χ3v) is 12.1. The molecule has 5 fully saturated rings. The molecule has 0 spiro atoms. The molecule has 2 aromatic rings. The van der Waals surface area contributed by atoms with Crippen LogP contribution in [0.1, 0.15) is 23.3 Å². The lowest BCUT2D eigenvalue weighted by Crippen LogP contribution is -2.65. The van der Waals surface area contributed by atoms with E-state index in [2.05, 4.69) is 0 Å². The highest BCUT2D eigenvalue weighted by molar-refractivity contribution is 5.53. The van der Waals surface area contributed by atoms with Crippen LogP contribution >= 0.6 is 0 Å². The van der Waals surface area contributed by atoms with Crippen molar-refractivity contribution in [2.45, 2.75) is 104 Å². The molecule has 7 aliphatic heterocycles. The maximum atomic E-state index is 11.6. The predicted octanol–water partition coefficient (Wildman–Crippen LogP) is -3.95. The van der Waals surface area contributed by atoms with E-state index < -0.39 is 118 Å². The maximum absolute atomic E-state index is 11.6. The Morgan fingerprint density at radius 2 is 1.08 bits per heavy atom. The van der Waals surface area contributed by atoms with E-state index in [1.807, 2.05) is 18.2 Å². The van der Waals surface area contributed by atoms with Gasteiger partial charge in [0.2, 0.25) is 19.9 Å². The summed E-state index contributed by atoms with van der Waals surface area (Å²) < 4.78 is 70.5. The summed E-state index contributed by atoms with van der Waals surface area (Å²) in [5, 5.41) is 105. The van der Waals surface area contributed by atoms with Crippen LogP contribution in [-0.2, 0) is 33.2 Å². The molecule has 0 aromatic heterocycles. The summed E-state index contributed by atoms with van der Waals surface area (Å²) in [4.78, 5) is 0. The van der Waals surface area contributed by atoms with Crippen molar-refractivity contribution in [3.05, 3.63) is 41.5 Å². The van der Waals surface area contributed by atoms with Crippen molar-refractivity contribution < 1.29 is 108 Å². The third kappa shape index (κ3) is 7.55. The monoisotopic (exact) mass is 856 g/mol. The molecule has 7 heterocycles. The fourth-order valence-corrected chi connectivity index (χ4v) is 8.70. The molecule has 7 aliphatic rings. The molecule has 0 bridgehead atoms. The average Bonchev–Trinajstić information content (AvgIpc) is 4.08. The van der Waals surface area contributed by atoms with Gasteiger partial charge in [0, 0.05) is 23.5 Å². The Balaban J connectivity index is 1.00. The first-order valence-electron chi connectivity index (χ1n) is 19.6. The van der Waals surface area contributed by atoms with Gasteiger partial charge in [0.25, 0.3) is 0 Å². The largest absolute Gasteiger partial charge is 0.461 e. The minimum absolute atomic E-state index is 0.0982. The SMILES string of the molecule is OC[C@H]1O[C@@H](OC[C@H]2O[C@@H](Oc3cc4c(cc3C3OCC5C(c6ccc7c(c6)OCO7)OCC35)OCO4)[C@H](O[C@@H]3O[C@H](CO)[C@@H](O)[C@H](O)[C@H]3O)[C@@H](O)[C@@H]2O)[C@H](O)[C@@H](O)[C@@H]1O. The van der Waals surface area contributed by atoms with E-state index >= 15 is 0 Å². The van der Waals surface area contributed by atoms with Crippen molar-refractivity contribution in [3.63, 3.8) is 0 Å². The first-order valence-corrected chi connectivity index (χ1v) is 19.6. The molecule has 5 saturated heterocycles. The van der Waals surface area contributed by atoms with E-state index in [4.69, 9.17) is 56.8 Å². The zero-order valence-corrected chi connectivity index (χ0v) is 31.7. The fraction of sp³-hybridized carbons (Fsp3) is 0.684. The second-order valence-electron chi connectivity index (χ2n) is 15.7. The molecule has 10 N–H and O–H groups in total. The van der Waals surface area contributed by atoms with Gasteiger partial charge in [-0.2, -0.15) is 0 Å². The van der Waals surface area contributed by atoms with E-state index in [0.717, 1.165) is 5.56 Å². The molecule has 22 heteroatoms. The van der Waals surface area contributed by atoms with Crippen LogP contribution in [0.25, 0.3) is 0 Å². The van der Waals surface area contributed by atoms with E-state index in [1.165, 1.54) is 6.07 Å². The van der Waals surface area contributed by atoms with Crippen LogP contribution in [0.4, 0.5) is 0 Å². The lowest BCUT2D eigenvalue weighted by atomic mass is 9.84. The van der Waals surface area contributed by atoms with Gasteiger partial charge < -0.3 is 108 Å². The van der Waals surface area contributed by atoms with Gasteiger partial charge in [-0.3, -0.25) is 0 Å². The maximum Gasteiger partial charge on any atom is 0.231 e. The highest BCUT2D eigenvalue weighted by Gasteiger charge is 2.54. The summed E-state index contributed by atoms with van der Waals surface area (Å²) in [5.41, 5.74) is 1.35. The number of hydrogen-bond donors (Lipinski definition) is 10. The molecule has 0 aliphatic carbocycles. The summed E-state index contributed by atoms with van der Waals surface area (Å²) in [6, 6.07) is 8.82. The minimum atomic E-state index is -1.92. The van der Waals surface area contributed by atoms with Crippen LogP contribution in [0.3, 0.4) is 0 Å². The third-order valence-electron chi connectivity index (χ3n) is 12.1. The van der Waals surface area contributed by atoms with Gasteiger partial charge in [-0.1, -0.05) is 6.07 Å². The topological polar surface area (TPSA) is 313 Å². The number of ether oxygens (including phenoxy) is 12. The Morgan fingerprint density at radius 1 is 0.533 bits per heavy atom. The summed E-state index contributed by atoms with van der Waals surface area (Å²) in [6.07, 6.45) is -26.5. The Kier molecular flexibility index (Phi) is 12.0. The highest BCUT2D eigenvalue weighted by atomic mass is 16.8. The van der Waals surface area contributed by atoms with Crippen molar-refractivity contribution in [1.82, 2.24) is 0 Å². The predicted molar refractivity (Wildman–Crippen MR) is 189 cm³/mol. The van der Waals surface area contributed by atoms with Gasteiger partial charge in [0.1, 0.15) is 72.9 Å². The minimum Gasteiger partial charge on any atom is -0.461 e. The molecular weight excluding hydrogens is 808 g/mol. The summed E-state index contributed by atoms with van der Waals surface area (Å²) in [6.45, 7) is -1.52. The van der Waals surface area contributed by atoms with Crippen LogP contribution in [0, 0.1) is 11.8 Å². The zero-order valence-electron chi connectivity index (χ0n) is 31.7. The molecule has 2 aromatic carbocycles. The molecule has 19 atom stereocenters. The highest BCUT2D eigenvalue weighted by Crippen LogP contribution is 2.54. The molecule has 0 radical (unpaired) electrons. The normalized spacial score (nSPS) is 43.3. The van der Waals surface area contributed by atoms with Crippen LogP contribution < -0.4 is 23.7 Å². The first kappa shape index (κ1) is 42.1. The number of benzene rings is 2. The van der Waals surface area contributed by atoms with E-state index in [9.17, 15) is 51.1 Å². The van der Waals surface area contributed by atoms with Crippen molar-refractivity contribution in [1.29, 1.82) is 0 Å². The summed E-state index contributed by atoms with van der Waals surface area (Å²) in [5.74, 6) is 1.70. The quantitative estimate of drug-likeness (QED) is 0.103. The second-order valence-corrected chi connectivity index (χ2v) is 15.7. The van der Waals surface area contributed by atoms with Gasteiger partial charge in [-0.05, 0) is 23.8 Å². The molecule has 22 nitrogen and oxygen atoms in total. The van der Waals surface area contributed by atoms with Crippen LogP contribution in [-0.4, -0.2) is 190 Å². The van der Waals surface area contributed by atoms with Crippen molar-refractivity contribution >= 4 is 0 Å². The van der Waals surface area contributed by atoms with Gasteiger partial charge in [-0.15, -0.1) is 0 Å². The van der Waals surface area contributed by atoms with Gasteiger partial charge in [0.05, 0.1) is 45.2 Å². The van der Waals surface area contributed by atoms with E-state index in [1.54, 1.807) is 6.07 Å². The lowest BCUT2D eigenvalue weighted by molar-refractivity contribution is -0.363. The number of aliphatic hydroxyl groups is 10. The van der Waals surface area contributed by atoms with Gasteiger partial charge in [0.15, 0.2) is 41.7 Å². The first-order chi connectivity index (χ1) is 28.9. The average molecular weight is 857 g/mol. The lowest BCUT2D eigenvalue weighted by Gasteiger charge is -2.46. The molecule has 60 heavy (non-hydrogen) atoms. The molecule has 9 rings (SSSR count). The Bertz CT molecular complexity index is 1810. The van der Waals surface area contributed by atoms with Crippen LogP contribution in [0.2, 0.25) is 0 Å². The number of rotatable bonds is 11. The fourth-order valence-electron chi connectivity index (χ4n) is 8.70. The second kappa shape index (κ2) is 17.1. The van der Waals surface area contributed by atoms with Gasteiger partial charge in [-0.25, -0.2) is 0 Å².